The number of para-hydroxylation sites is 2. The Bertz CT molecular complexity index is 1010. The standard InChI is InChI=1S/C18H17FN4O4/c19-12-8-20-17(21-9-12)26-13-4-3-7-22(10-13)16(24)11-23-14-5-1-2-6-15(14)27-18(23)25/h1-2,5-6,8-9,13H,3-4,7,10-11H2. The summed E-state index contributed by atoms with van der Waals surface area (Å²) in [5, 5.41) is 0. The molecule has 1 saturated heterocycles. The van der Waals surface area contributed by atoms with E-state index in [4.69, 9.17) is 9.15 Å². The highest BCUT2D eigenvalue weighted by Gasteiger charge is 2.26. The van der Waals surface area contributed by atoms with Gasteiger partial charge < -0.3 is 14.1 Å². The lowest BCUT2D eigenvalue weighted by Crippen LogP contribution is -2.46. The zero-order valence-electron chi connectivity index (χ0n) is 14.4. The van der Waals surface area contributed by atoms with Crippen molar-refractivity contribution in [3.05, 3.63) is 53.0 Å². The molecule has 1 amide bonds. The topological polar surface area (TPSA) is 90.5 Å². The Morgan fingerprint density at radius 2 is 2.07 bits per heavy atom. The molecule has 3 heterocycles. The van der Waals surface area contributed by atoms with E-state index < -0.39 is 11.6 Å². The highest BCUT2D eigenvalue weighted by molar-refractivity contribution is 5.79. The Balaban J connectivity index is 1.44. The van der Waals surface area contributed by atoms with Crippen molar-refractivity contribution in [1.29, 1.82) is 0 Å². The van der Waals surface area contributed by atoms with E-state index in [2.05, 4.69) is 9.97 Å². The minimum atomic E-state index is -0.561. The fourth-order valence-electron chi connectivity index (χ4n) is 3.17. The van der Waals surface area contributed by atoms with E-state index in [1.54, 1.807) is 29.2 Å². The Morgan fingerprint density at radius 1 is 1.30 bits per heavy atom. The van der Waals surface area contributed by atoms with E-state index in [9.17, 15) is 14.0 Å². The number of carbonyl (C=O) groups excluding carboxylic acids is 1. The first-order chi connectivity index (χ1) is 13.1. The van der Waals surface area contributed by atoms with E-state index in [-0.39, 0.29) is 24.6 Å². The van der Waals surface area contributed by atoms with Crippen LogP contribution in [-0.4, -0.2) is 44.5 Å². The Morgan fingerprint density at radius 3 is 2.89 bits per heavy atom. The largest absolute Gasteiger partial charge is 0.458 e. The van der Waals surface area contributed by atoms with Crippen LogP contribution in [0.1, 0.15) is 12.8 Å². The van der Waals surface area contributed by atoms with Gasteiger partial charge >= 0.3 is 11.8 Å². The number of halogens is 1. The van der Waals surface area contributed by atoms with Crippen molar-refractivity contribution in [2.45, 2.75) is 25.5 Å². The number of amides is 1. The number of fused-ring (bicyclic) bond motifs is 1. The molecule has 0 aliphatic carbocycles. The Hall–Kier alpha value is -3.23. The predicted molar refractivity (Wildman–Crippen MR) is 92.7 cm³/mol. The second-order valence-corrected chi connectivity index (χ2v) is 6.33. The average molecular weight is 372 g/mol. The van der Waals surface area contributed by atoms with E-state index in [1.165, 1.54) is 4.57 Å². The van der Waals surface area contributed by atoms with Gasteiger partial charge in [0, 0.05) is 6.54 Å². The van der Waals surface area contributed by atoms with Gasteiger partial charge in [0.05, 0.1) is 24.5 Å². The molecule has 0 spiro atoms. The molecule has 2 aromatic heterocycles. The molecule has 1 atom stereocenters. The summed E-state index contributed by atoms with van der Waals surface area (Å²) >= 11 is 0. The number of likely N-dealkylation sites (tertiary alicyclic amines) is 1. The van der Waals surface area contributed by atoms with Gasteiger partial charge in [-0.05, 0) is 25.0 Å². The summed E-state index contributed by atoms with van der Waals surface area (Å²) in [4.78, 5) is 33.9. The van der Waals surface area contributed by atoms with Crippen LogP contribution in [0.2, 0.25) is 0 Å². The second kappa shape index (κ2) is 7.18. The van der Waals surface area contributed by atoms with E-state index in [0.29, 0.717) is 24.2 Å². The normalized spacial score (nSPS) is 17.2. The first-order valence-corrected chi connectivity index (χ1v) is 8.60. The van der Waals surface area contributed by atoms with Crippen LogP contribution in [-0.2, 0) is 11.3 Å². The lowest BCUT2D eigenvalue weighted by Gasteiger charge is -2.32. The molecule has 4 rings (SSSR count). The number of ether oxygens (including phenoxy) is 1. The number of nitrogens with zero attached hydrogens (tertiary/aromatic N) is 4. The van der Waals surface area contributed by atoms with Crippen molar-refractivity contribution in [3.63, 3.8) is 0 Å². The molecule has 8 nitrogen and oxygen atoms in total. The first kappa shape index (κ1) is 17.2. The minimum absolute atomic E-state index is 0.0766. The zero-order chi connectivity index (χ0) is 18.8. The third-order valence-electron chi connectivity index (χ3n) is 4.47. The van der Waals surface area contributed by atoms with Crippen molar-refractivity contribution in [2.75, 3.05) is 13.1 Å². The lowest BCUT2D eigenvalue weighted by molar-refractivity contribution is -0.134. The molecule has 0 radical (unpaired) electrons. The number of oxazole rings is 1. The lowest BCUT2D eigenvalue weighted by atomic mass is 10.1. The van der Waals surface area contributed by atoms with Crippen LogP contribution in [0.5, 0.6) is 6.01 Å². The predicted octanol–water partition coefficient (Wildman–Crippen LogP) is 1.59. The number of carbonyl (C=O) groups is 1. The molecule has 0 N–H and O–H groups in total. The summed E-state index contributed by atoms with van der Waals surface area (Å²) in [6, 6.07) is 7.05. The van der Waals surface area contributed by atoms with E-state index in [1.807, 2.05) is 0 Å². The van der Waals surface area contributed by atoms with Crippen LogP contribution in [0, 0.1) is 5.82 Å². The molecular weight excluding hydrogens is 355 g/mol. The number of piperidine rings is 1. The number of benzene rings is 1. The quantitative estimate of drug-likeness (QED) is 0.691. The number of hydrogen-bond acceptors (Lipinski definition) is 6. The van der Waals surface area contributed by atoms with Crippen molar-refractivity contribution >= 4 is 17.0 Å². The maximum Gasteiger partial charge on any atom is 0.420 e. The van der Waals surface area contributed by atoms with E-state index >= 15 is 0 Å². The zero-order valence-corrected chi connectivity index (χ0v) is 14.4. The maximum atomic E-state index is 12.9. The minimum Gasteiger partial charge on any atom is -0.458 e. The summed E-state index contributed by atoms with van der Waals surface area (Å²) < 4.78 is 25.0. The van der Waals surface area contributed by atoms with Gasteiger partial charge in [-0.25, -0.2) is 19.2 Å². The van der Waals surface area contributed by atoms with Crippen molar-refractivity contribution in [2.24, 2.45) is 0 Å². The first-order valence-electron chi connectivity index (χ1n) is 8.60. The molecule has 0 saturated carbocycles. The van der Waals surface area contributed by atoms with Crippen molar-refractivity contribution in [1.82, 2.24) is 19.4 Å². The van der Waals surface area contributed by atoms with Gasteiger partial charge in [-0.2, -0.15) is 0 Å². The summed E-state index contributed by atoms with van der Waals surface area (Å²) in [5.74, 6) is -1.30. The Labute approximate surface area is 153 Å². The molecular formula is C18H17FN4O4. The molecule has 1 aromatic carbocycles. The summed E-state index contributed by atoms with van der Waals surface area (Å²) in [5.41, 5.74) is 1.03. The van der Waals surface area contributed by atoms with Crippen molar-refractivity contribution in [3.8, 4) is 6.01 Å². The highest BCUT2D eigenvalue weighted by Crippen LogP contribution is 2.17. The van der Waals surface area contributed by atoms with Gasteiger partial charge in [0.25, 0.3) is 0 Å². The maximum absolute atomic E-state index is 12.9. The third kappa shape index (κ3) is 3.67. The molecule has 27 heavy (non-hydrogen) atoms. The average Bonchev–Trinajstić information content (AvgIpc) is 2.99. The summed E-state index contributed by atoms with van der Waals surface area (Å²) in [6.45, 7) is 0.827. The van der Waals surface area contributed by atoms with Crippen LogP contribution in [0.25, 0.3) is 11.1 Å². The van der Waals surface area contributed by atoms with E-state index in [0.717, 1.165) is 25.2 Å². The fourth-order valence-corrected chi connectivity index (χ4v) is 3.17. The SMILES string of the molecule is O=C(Cn1c(=O)oc2ccccc21)N1CCCC(Oc2ncc(F)cn2)C1. The molecule has 140 valence electrons. The second-order valence-electron chi connectivity index (χ2n) is 6.33. The molecule has 1 aliphatic rings. The smallest absolute Gasteiger partial charge is 0.420 e. The van der Waals surface area contributed by atoms with Crippen LogP contribution in [0.4, 0.5) is 4.39 Å². The number of aromatic nitrogens is 3. The summed E-state index contributed by atoms with van der Waals surface area (Å²) in [7, 11) is 0. The molecule has 9 heteroatoms. The van der Waals surface area contributed by atoms with Gasteiger partial charge in [-0.3, -0.25) is 9.36 Å². The van der Waals surface area contributed by atoms with Gasteiger partial charge in [0.2, 0.25) is 5.91 Å². The van der Waals surface area contributed by atoms with Gasteiger partial charge in [0.1, 0.15) is 12.6 Å². The van der Waals surface area contributed by atoms with Gasteiger partial charge in [0.15, 0.2) is 11.4 Å². The van der Waals surface area contributed by atoms with Crippen LogP contribution in [0.15, 0.2) is 45.9 Å². The number of hydrogen-bond donors (Lipinski definition) is 0. The van der Waals surface area contributed by atoms with Crippen molar-refractivity contribution < 1.29 is 18.3 Å². The van der Waals surface area contributed by atoms with Crippen LogP contribution in [0.3, 0.4) is 0 Å². The Kier molecular flexibility index (Phi) is 4.57. The monoisotopic (exact) mass is 372 g/mol. The number of rotatable bonds is 4. The highest BCUT2D eigenvalue weighted by atomic mass is 19.1. The van der Waals surface area contributed by atoms with Crippen LogP contribution < -0.4 is 10.5 Å². The summed E-state index contributed by atoms with van der Waals surface area (Å²) in [6.07, 6.45) is 3.26. The molecule has 1 fully saturated rings. The molecule has 0 bridgehead atoms. The van der Waals surface area contributed by atoms with Gasteiger partial charge in [-0.15, -0.1) is 0 Å². The third-order valence-corrected chi connectivity index (χ3v) is 4.47. The molecule has 3 aromatic rings. The molecule has 1 aliphatic heterocycles. The fraction of sp³-hybridized carbons (Fsp3) is 0.333. The molecule has 1 unspecified atom stereocenters. The van der Waals surface area contributed by atoms with Gasteiger partial charge in [-0.1, -0.05) is 12.1 Å². The van der Waals surface area contributed by atoms with Crippen LogP contribution >= 0.6 is 0 Å².